The molecule has 1 aromatic rings. The number of rotatable bonds is 2. The quantitative estimate of drug-likeness (QED) is 0.480. The molecule has 0 radical (unpaired) electrons. The fourth-order valence-electron chi connectivity index (χ4n) is 0.927. The molecular weight excluding hydrogens is 168 g/mol. The van der Waals surface area contributed by atoms with E-state index in [0.29, 0.717) is 17.1 Å². The Morgan fingerprint density at radius 2 is 2.08 bits per heavy atom. The zero-order chi connectivity index (χ0) is 8.97. The molecule has 1 rings (SSSR count). The van der Waals surface area contributed by atoms with Gasteiger partial charge in [0, 0.05) is 5.75 Å². The van der Waals surface area contributed by atoms with Crippen molar-refractivity contribution in [3.8, 4) is 0 Å². The fourth-order valence-corrected chi connectivity index (χ4v) is 1.03. The first-order chi connectivity index (χ1) is 5.75. The van der Waals surface area contributed by atoms with Gasteiger partial charge in [0.2, 0.25) is 0 Å². The highest BCUT2D eigenvalue weighted by molar-refractivity contribution is 7.80. The summed E-state index contributed by atoms with van der Waals surface area (Å²) in [6.07, 6.45) is 3.84. The van der Waals surface area contributed by atoms with Crippen LogP contribution in [0.2, 0.25) is 0 Å². The minimum Gasteiger partial charge on any atom is -0.397 e. The van der Waals surface area contributed by atoms with Crippen molar-refractivity contribution in [3.63, 3.8) is 0 Å². The molecule has 0 spiro atoms. The monoisotopic (exact) mass is 180 g/mol. The van der Waals surface area contributed by atoms with Crippen LogP contribution in [-0.2, 0) is 0 Å². The van der Waals surface area contributed by atoms with Gasteiger partial charge >= 0.3 is 0 Å². The topological polar surface area (TPSA) is 52.0 Å². The molecule has 0 fully saturated rings. The Bertz CT molecular complexity index is 295. The summed E-state index contributed by atoms with van der Waals surface area (Å²) in [6.45, 7) is 0. The second kappa shape index (κ2) is 4.07. The van der Waals surface area contributed by atoms with Crippen molar-refractivity contribution in [1.82, 2.24) is 0 Å². The Labute approximate surface area is 77.7 Å². The molecule has 0 aliphatic carbocycles. The number of hydrogen-bond acceptors (Lipinski definition) is 3. The molecule has 0 heterocycles. The predicted molar refractivity (Wildman–Crippen MR) is 58.2 cm³/mol. The summed E-state index contributed by atoms with van der Waals surface area (Å²) >= 11 is 4.05. The fraction of sp³-hybridized carbons (Fsp3) is 0.111. The summed E-state index contributed by atoms with van der Waals surface area (Å²) in [6, 6.07) is 5.59. The molecule has 0 aliphatic rings. The number of hydrogen-bond donors (Lipinski definition) is 3. The van der Waals surface area contributed by atoms with Crippen molar-refractivity contribution in [1.29, 1.82) is 0 Å². The Hall–Kier alpha value is -1.09. The molecule has 4 N–H and O–H groups in total. The van der Waals surface area contributed by atoms with Gasteiger partial charge in [-0.3, -0.25) is 0 Å². The lowest BCUT2D eigenvalue weighted by molar-refractivity contribution is 1.62. The van der Waals surface area contributed by atoms with Gasteiger partial charge < -0.3 is 11.5 Å². The van der Waals surface area contributed by atoms with E-state index in [9.17, 15) is 0 Å². The van der Waals surface area contributed by atoms with E-state index >= 15 is 0 Å². The average molecular weight is 180 g/mol. The first-order valence-electron chi connectivity index (χ1n) is 3.67. The SMILES string of the molecule is Nc1cccc(C=CCS)c1N. The van der Waals surface area contributed by atoms with Crippen molar-refractivity contribution in [2.24, 2.45) is 0 Å². The van der Waals surface area contributed by atoms with E-state index in [1.165, 1.54) is 0 Å². The summed E-state index contributed by atoms with van der Waals surface area (Å²) in [5, 5.41) is 0. The lowest BCUT2D eigenvalue weighted by atomic mass is 10.1. The van der Waals surface area contributed by atoms with Gasteiger partial charge in [0.05, 0.1) is 11.4 Å². The molecule has 0 aromatic heterocycles. The first-order valence-corrected chi connectivity index (χ1v) is 4.30. The molecule has 0 unspecified atom stereocenters. The average Bonchev–Trinajstić information content (AvgIpc) is 2.08. The van der Waals surface area contributed by atoms with Crippen LogP contribution in [0.3, 0.4) is 0 Å². The van der Waals surface area contributed by atoms with Gasteiger partial charge in [-0.1, -0.05) is 24.3 Å². The third-order valence-corrected chi connectivity index (χ3v) is 1.79. The summed E-state index contributed by atoms with van der Waals surface area (Å²) in [4.78, 5) is 0. The van der Waals surface area contributed by atoms with Gasteiger partial charge in [-0.2, -0.15) is 12.6 Å². The Kier molecular flexibility index (Phi) is 3.05. The highest BCUT2D eigenvalue weighted by Gasteiger charge is 1.96. The first kappa shape index (κ1) is 9.00. The van der Waals surface area contributed by atoms with Crippen molar-refractivity contribution in [3.05, 3.63) is 29.8 Å². The molecular formula is C9H12N2S. The van der Waals surface area contributed by atoms with Gasteiger partial charge in [-0.05, 0) is 11.6 Å². The highest BCUT2D eigenvalue weighted by atomic mass is 32.1. The number of benzene rings is 1. The molecule has 0 aliphatic heterocycles. The maximum absolute atomic E-state index is 5.72. The van der Waals surface area contributed by atoms with Crippen molar-refractivity contribution in [2.75, 3.05) is 17.2 Å². The van der Waals surface area contributed by atoms with Gasteiger partial charge in [0.25, 0.3) is 0 Å². The van der Waals surface area contributed by atoms with Crippen LogP contribution >= 0.6 is 12.6 Å². The van der Waals surface area contributed by atoms with Gasteiger partial charge in [0.15, 0.2) is 0 Å². The lowest BCUT2D eigenvalue weighted by Crippen LogP contribution is -1.96. The number of nitrogen functional groups attached to an aromatic ring is 2. The molecule has 0 atom stereocenters. The van der Waals surface area contributed by atoms with Crippen LogP contribution in [0.25, 0.3) is 6.08 Å². The standard InChI is InChI=1S/C9H12N2S/c10-8-5-1-3-7(9(8)11)4-2-6-12/h1-5,12H,6,10-11H2. The van der Waals surface area contributed by atoms with E-state index in [1.807, 2.05) is 24.3 Å². The van der Waals surface area contributed by atoms with E-state index < -0.39 is 0 Å². The van der Waals surface area contributed by atoms with Crippen molar-refractivity contribution >= 4 is 30.1 Å². The zero-order valence-electron chi connectivity index (χ0n) is 6.70. The van der Waals surface area contributed by atoms with Gasteiger partial charge in [-0.15, -0.1) is 0 Å². The van der Waals surface area contributed by atoms with Crippen molar-refractivity contribution < 1.29 is 0 Å². The minimum atomic E-state index is 0.622. The van der Waals surface area contributed by atoms with Crippen LogP contribution in [0.1, 0.15) is 5.56 Å². The lowest BCUT2D eigenvalue weighted by Gasteiger charge is -2.02. The van der Waals surface area contributed by atoms with Crippen LogP contribution < -0.4 is 11.5 Å². The van der Waals surface area contributed by atoms with Crippen molar-refractivity contribution in [2.45, 2.75) is 0 Å². The van der Waals surface area contributed by atoms with Crippen LogP contribution in [0.5, 0.6) is 0 Å². The van der Waals surface area contributed by atoms with Crippen LogP contribution in [0, 0.1) is 0 Å². The second-order valence-electron chi connectivity index (χ2n) is 2.44. The number of para-hydroxylation sites is 1. The Morgan fingerprint density at radius 3 is 2.75 bits per heavy atom. The van der Waals surface area contributed by atoms with E-state index in [-0.39, 0.29) is 0 Å². The maximum atomic E-state index is 5.72. The molecule has 0 bridgehead atoms. The van der Waals surface area contributed by atoms with E-state index in [1.54, 1.807) is 6.07 Å². The molecule has 0 saturated carbocycles. The smallest absolute Gasteiger partial charge is 0.0621 e. The zero-order valence-corrected chi connectivity index (χ0v) is 7.59. The maximum Gasteiger partial charge on any atom is 0.0621 e. The van der Waals surface area contributed by atoms with E-state index in [0.717, 1.165) is 5.56 Å². The van der Waals surface area contributed by atoms with Crippen LogP contribution in [-0.4, -0.2) is 5.75 Å². The summed E-state index contributed by atoms with van der Waals surface area (Å²) in [5.74, 6) is 0.703. The van der Waals surface area contributed by atoms with Crippen LogP contribution in [0.4, 0.5) is 11.4 Å². The summed E-state index contributed by atoms with van der Waals surface area (Å²) < 4.78 is 0. The molecule has 2 nitrogen and oxygen atoms in total. The third-order valence-electron chi connectivity index (χ3n) is 1.58. The third kappa shape index (κ3) is 1.95. The summed E-state index contributed by atoms with van der Waals surface area (Å²) in [7, 11) is 0. The normalized spacial score (nSPS) is 10.8. The number of thiol groups is 1. The van der Waals surface area contributed by atoms with E-state index in [2.05, 4.69) is 12.6 Å². The number of anilines is 2. The highest BCUT2D eigenvalue weighted by Crippen LogP contribution is 2.20. The van der Waals surface area contributed by atoms with Gasteiger partial charge in [0.1, 0.15) is 0 Å². The Morgan fingerprint density at radius 1 is 1.33 bits per heavy atom. The molecule has 0 saturated heterocycles. The molecule has 0 amide bonds. The second-order valence-corrected chi connectivity index (χ2v) is 2.80. The van der Waals surface area contributed by atoms with Gasteiger partial charge in [-0.25, -0.2) is 0 Å². The Balaban J connectivity index is 3.00. The van der Waals surface area contributed by atoms with E-state index in [4.69, 9.17) is 11.5 Å². The minimum absolute atomic E-state index is 0.622. The molecule has 12 heavy (non-hydrogen) atoms. The molecule has 64 valence electrons. The molecule has 1 aromatic carbocycles. The predicted octanol–water partition coefficient (Wildman–Crippen LogP) is 1.79. The largest absolute Gasteiger partial charge is 0.397 e. The summed E-state index contributed by atoms with van der Waals surface area (Å²) in [5.41, 5.74) is 13.5. The number of nitrogens with two attached hydrogens (primary N) is 2. The molecule has 3 heteroatoms. The van der Waals surface area contributed by atoms with Crippen LogP contribution in [0.15, 0.2) is 24.3 Å².